The second kappa shape index (κ2) is 10.1. The number of methoxy groups -OCH3 is 2. The summed E-state index contributed by atoms with van der Waals surface area (Å²) in [6, 6.07) is 5.90. The quantitative estimate of drug-likeness (QED) is 0.369. The van der Waals surface area contributed by atoms with Crippen LogP contribution in [0.1, 0.15) is 27.0 Å². The minimum absolute atomic E-state index is 0.0170. The van der Waals surface area contributed by atoms with Crippen LogP contribution in [0.2, 0.25) is 10.0 Å². The molecule has 0 bridgehead atoms. The molecule has 0 aliphatic carbocycles. The number of nitrogens with zero attached hydrogens (tertiary/aromatic N) is 1. The Bertz CT molecular complexity index is 1150. The van der Waals surface area contributed by atoms with Gasteiger partial charge in [0.15, 0.2) is 28.9 Å². The van der Waals surface area contributed by atoms with Gasteiger partial charge in [0.25, 0.3) is 0 Å². The molecule has 0 spiro atoms. The Morgan fingerprint density at radius 1 is 0.969 bits per heavy atom. The molecule has 3 rings (SSSR count). The van der Waals surface area contributed by atoms with Crippen LogP contribution in [0.25, 0.3) is 0 Å². The summed E-state index contributed by atoms with van der Waals surface area (Å²) in [5, 5.41) is 0.483. The molecule has 32 heavy (non-hydrogen) atoms. The van der Waals surface area contributed by atoms with E-state index in [0.717, 1.165) is 0 Å². The van der Waals surface area contributed by atoms with Crippen molar-refractivity contribution in [3.8, 4) is 17.2 Å². The number of halogens is 4. The Morgan fingerprint density at radius 2 is 1.66 bits per heavy atom. The Hall–Kier alpha value is -2.90. The molecule has 168 valence electrons. The summed E-state index contributed by atoms with van der Waals surface area (Å²) in [5.74, 6) is -1.89. The third kappa shape index (κ3) is 4.79. The van der Waals surface area contributed by atoms with Gasteiger partial charge in [-0.3, -0.25) is 9.78 Å². The molecule has 1 aromatic heterocycles. The van der Waals surface area contributed by atoms with Crippen LogP contribution in [0, 0.1) is 18.6 Å². The Labute approximate surface area is 193 Å². The van der Waals surface area contributed by atoms with Crippen molar-refractivity contribution in [2.75, 3.05) is 14.2 Å². The van der Waals surface area contributed by atoms with Crippen molar-refractivity contribution in [1.82, 2.24) is 4.98 Å². The van der Waals surface area contributed by atoms with E-state index in [0.29, 0.717) is 11.3 Å². The van der Waals surface area contributed by atoms with E-state index in [1.165, 1.54) is 51.7 Å². The molecule has 0 N–H and O–H groups in total. The van der Waals surface area contributed by atoms with Crippen LogP contribution < -0.4 is 14.2 Å². The summed E-state index contributed by atoms with van der Waals surface area (Å²) in [4.78, 5) is 17.0. The fourth-order valence-corrected chi connectivity index (χ4v) is 3.57. The van der Waals surface area contributed by atoms with E-state index < -0.39 is 11.6 Å². The van der Waals surface area contributed by atoms with Crippen LogP contribution in [-0.2, 0) is 13.0 Å². The SMILES string of the molecule is COc1ccc(C(=O)Cc2c(Cl)cncc2Cl)c(OCc2ccc(C)c(F)c2F)c1OC. The molecule has 5 nitrogen and oxygen atoms in total. The van der Waals surface area contributed by atoms with Gasteiger partial charge in [0, 0.05) is 29.9 Å². The van der Waals surface area contributed by atoms with E-state index in [4.69, 9.17) is 37.4 Å². The molecule has 1 heterocycles. The van der Waals surface area contributed by atoms with Crippen LogP contribution in [-0.4, -0.2) is 25.0 Å². The van der Waals surface area contributed by atoms with Crippen LogP contribution >= 0.6 is 23.2 Å². The monoisotopic (exact) mass is 481 g/mol. The fourth-order valence-electron chi connectivity index (χ4n) is 3.07. The summed E-state index contributed by atoms with van der Waals surface area (Å²) >= 11 is 12.3. The first-order valence-corrected chi connectivity index (χ1v) is 10.2. The molecule has 0 radical (unpaired) electrons. The summed E-state index contributed by atoms with van der Waals surface area (Å²) < 4.78 is 44.7. The molecular formula is C23H19Cl2F2NO4. The standard InChI is InChI=1S/C23H19Cl2F2NO4/c1-12-4-5-13(21(27)20(12)26)11-32-22-14(6-7-19(30-2)23(22)31-3)18(29)8-15-16(24)9-28-10-17(15)25/h4-7,9-10H,8,11H2,1-3H3. The largest absolute Gasteiger partial charge is 0.493 e. The number of carbonyl (C=O) groups excluding carboxylic acids is 1. The highest BCUT2D eigenvalue weighted by atomic mass is 35.5. The number of ether oxygens (including phenoxy) is 3. The first-order valence-electron chi connectivity index (χ1n) is 9.40. The maximum absolute atomic E-state index is 14.3. The number of hydrogen-bond acceptors (Lipinski definition) is 5. The Kier molecular flexibility index (Phi) is 7.53. The molecule has 0 saturated carbocycles. The van der Waals surface area contributed by atoms with Crippen molar-refractivity contribution in [3.63, 3.8) is 0 Å². The van der Waals surface area contributed by atoms with E-state index in [9.17, 15) is 13.6 Å². The number of hydrogen-bond donors (Lipinski definition) is 0. The minimum Gasteiger partial charge on any atom is -0.493 e. The molecular weight excluding hydrogens is 463 g/mol. The Morgan fingerprint density at radius 3 is 2.28 bits per heavy atom. The Balaban J connectivity index is 2.00. The molecule has 0 atom stereocenters. The summed E-state index contributed by atoms with van der Waals surface area (Å²) in [5.41, 5.74) is 0.698. The third-order valence-corrected chi connectivity index (χ3v) is 5.47. The highest BCUT2D eigenvalue weighted by Crippen LogP contribution is 2.41. The van der Waals surface area contributed by atoms with E-state index >= 15 is 0 Å². The molecule has 0 fully saturated rings. The van der Waals surface area contributed by atoms with Gasteiger partial charge >= 0.3 is 0 Å². The average Bonchev–Trinajstić information content (AvgIpc) is 2.78. The van der Waals surface area contributed by atoms with E-state index in [2.05, 4.69) is 4.98 Å². The van der Waals surface area contributed by atoms with Gasteiger partial charge in [0.1, 0.15) is 6.61 Å². The number of ketones is 1. The highest BCUT2D eigenvalue weighted by molar-refractivity contribution is 6.36. The van der Waals surface area contributed by atoms with Crippen LogP contribution in [0.5, 0.6) is 17.2 Å². The number of pyridine rings is 1. The van der Waals surface area contributed by atoms with E-state index in [-0.39, 0.29) is 57.0 Å². The first-order chi connectivity index (χ1) is 15.3. The van der Waals surface area contributed by atoms with Gasteiger partial charge < -0.3 is 14.2 Å². The molecule has 9 heteroatoms. The highest BCUT2D eigenvalue weighted by Gasteiger charge is 2.24. The fraction of sp³-hybridized carbons (Fsp3) is 0.217. The topological polar surface area (TPSA) is 57.7 Å². The zero-order chi connectivity index (χ0) is 23.4. The van der Waals surface area contributed by atoms with Gasteiger partial charge in [-0.2, -0.15) is 0 Å². The molecule has 0 unspecified atom stereocenters. The van der Waals surface area contributed by atoms with Gasteiger partial charge in [-0.25, -0.2) is 8.78 Å². The van der Waals surface area contributed by atoms with Crippen molar-refractivity contribution in [3.05, 3.63) is 80.6 Å². The maximum Gasteiger partial charge on any atom is 0.204 e. The summed E-state index contributed by atoms with van der Waals surface area (Å²) in [7, 11) is 2.80. The number of Topliss-reactive ketones (excluding diaryl/α,β-unsaturated/α-hetero) is 1. The predicted octanol–water partition coefficient (Wildman–Crippen LogP) is 6.00. The lowest BCUT2D eigenvalue weighted by atomic mass is 10.0. The predicted molar refractivity (Wildman–Crippen MR) is 117 cm³/mol. The van der Waals surface area contributed by atoms with Crippen molar-refractivity contribution >= 4 is 29.0 Å². The second-order valence-electron chi connectivity index (χ2n) is 6.82. The number of aryl methyl sites for hydroxylation is 1. The summed E-state index contributed by atoms with van der Waals surface area (Å²) in [6.07, 6.45) is 2.63. The van der Waals surface area contributed by atoms with Gasteiger partial charge in [-0.1, -0.05) is 35.3 Å². The molecule has 0 amide bonds. The second-order valence-corrected chi connectivity index (χ2v) is 7.63. The van der Waals surface area contributed by atoms with Crippen LogP contribution in [0.3, 0.4) is 0 Å². The molecule has 0 aliphatic rings. The van der Waals surface area contributed by atoms with Gasteiger partial charge in [-0.15, -0.1) is 0 Å². The van der Waals surface area contributed by atoms with Crippen LogP contribution in [0.4, 0.5) is 8.78 Å². The zero-order valence-corrected chi connectivity index (χ0v) is 19.0. The normalized spacial score (nSPS) is 10.7. The molecule has 2 aromatic carbocycles. The lowest BCUT2D eigenvalue weighted by Gasteiger charge is -2.18. The van der Waals surface area contributed by atoms with E-state index in [1.807, 2.05) is 0 Å². The minimum atomic E-state index is -1.02. The van der Waals surface area contributed by atoms with Crippen LogP contribution in [0.15, 0.2) is 36.7 Å². The third-order valence-electron chi connectivity index (χ3n) is 4.82. The smallest absolute Gasteiger partial charge is 0.204 e. The lowest BCUT2D eigenvalue weighted by Crippen LogP contribution is -2.10. The zero-order valence-electron chi connectivity index (χ0n) is 17.5. The van der Waals surface area contributed by atoms with Gasteiger partial charge in [0.05, 0.1) is 29.8 Å². The number of benzene rings is 2. The van der Waals surface area contributed by atoms with E-state index in [1.54, 1.807) is 6.07 Å². The maximum atomic E-state index is 14.3. The van der Waals surface area contributed by atoms with Crippen molar-refractivity contribution < 1.29 is 27.8 Å². The van der Waals surface area contributed by atoms with Gasteiger partial charge in [0.2, 0.25) is 5.75 Å². The number of carbonyl (C=O) groups is 1. The average molecular weight is 482 g/mol. The molecule has 0 saturated heterocycles. The first kappa shape index (κ1) is 23.8. The number of rotatable bonds is 8. The molecule has 3 aromatic rings. The van der Waals surface area contributed by atoms with Crippen molar-refractivity contribution in [2.45, 2.75) is 20.0 Å². The van der Waals surface area contributed by atoms with Crippen molar-refractivity contribution in [2.24, 2.45) is 0 Å². The number of aromatic nitrogens is 1. The molecule has 0 aliphatic heterocycles. The van der Waals surface area contributed by atoms with Crippen molar-refractivity contribution in [1.29, 1.82) is 0 Å². The summed E-state index contributed by atoms with van der Waals surface area (Å²) in [6.45, 7) is 1.11. The van der Waals surface area contributed by atoms with Gasteiger partial charge in [-0.05, 0) is 24.6 Å². The lowest BCUT2D eigenvalue weighted by molar-refractivity contribution is 0.0987.